The summed E-state index contributed by atoms with van der Waals surface area (Å²) < 4.78 is 5.43. The number of nitrogens with one attached hydrogen (secondary N) is 1. The number of benzene rings is 1. The molecular formula is C19H17Cl2N3O2S. The number of rotatable bonds is 2. The van der Waals surface area contributed by atoms with Crippen molar-refractivity contribution in [2.75, 3.05) is 37.7 Å². The van der Waals surface area contributed by atoms with Crippen LogP contribution in [0.25, 0.3) is 4.85 Å². The number of carbonyl (C=O) groups is 1. The van der Waals surface area contributed by atoms with Gasteiger partial charge in [0.1, 0.15) is 0 Å². The summed E-state index contributed by atoms with van der Waals surface area (Å²) in [5.74, 6) is -0.189. The molecule has 27 heavy (non-hydrogen) atoms. The second-order valence-corrected chi connectivity index (χ2v) is 8.29. The molecule has 0 bridgehead atoms. The molecule has 2 aliphatic heterocycles. The highest BCUT2D eigenvalue weighted by Crippen LogP contribution is 2.50. The number of halogens is 2. The van der Waals surface area contributed by atoms with Crippen LogP contribution in [0.2, 0.25) is 10.0 Å². The molecule has 1 amide bonds. The zero-order valence-corrected chi connectivity index (χ0v) is 16.8. The van der Waals surface area contributed by atoms with Crippen LogP contribution in [-0.2, 0) is 4.74 Å². The molecule has 140 valence electrons. The summed E-state index contributed by atoms with van der Waals surface area (Å²) in [5, 5.41) is 4.79. The zero-order valence-electron chi connectivity index (χ0n) is 14.4. The molecule has 1 fully saturated rings. The van der Waals surface area contributed by atoms with Crippen molar-refractivity contribution in [1.29, 1.82) is 0 Å². The van der Waals surface area contributed by atoms with E-state index in [9.17, 15) is 4.79 Å². The normalized spacial score (nSPS) is 19.8. The van der Waals surface area contributed by atoms with Crippen LogP contribution >= 0.6 is 34.5 Å². The summed E-state index contributed by atoms with van der Waals surface area (Å²) in [5.41, 5.74) is 2.35. The maximum Gasteiger partial charge on any atom is 0.260 e. The standard InChI is InChI=1S/C19H17Cl2N3O2S/c1-22-16-15-12(11-2-3-13(20)14(21)10-11)4-5-23-18(25)17(15)27-19(16)24-6-8-26-9-7-24/h2-3,10,12H,4-9H2,(H,23,25). The first-order valence-electron chi connectivity index (χ1n) is 8.70. The van der Waals surface area contributed by atoms with Crippen LogP contribution in [0.4, 0.5) is 10.7 Å². The van der Waals surface area contributed by atoms with Gasteiger partial charge < -0.3 is 15.0 Å². The molecule has 2 aliphatic rings. The van der Waals surface area contributed by atoms with Crippen LogP contribution in [0.1, 0.15) is 33.1 Å². The molecule has 0 spiro atoms. The lowest BCUT2D eigenvalue weighted by molar-refractivity contribution is 0.0960. The smallest absolute Gasteiger partial charge is 0.260 e. The third kappa shape index (κ3) is 3.41. The van der Waals surface area contributed by atoms with Crippen molar-refractivity contribution in [3.05, 3.63) is 55.7 Å². The molecule has 1 aromatic heterocycles. The molecule has 1 saturated heterocycles. The van der Waals surface area contributed by atoms with E-state index in [1.54, 1.807) is 6.07 Å². The van der Waals surface area contributed by atoms with Crippen LogP contribution in [0, 0.1) is 6.57 Å². The van der Waals surface area contributed by atoms with Gasteiger partial charge in [0.25, 0.3) is 5.91 Å². The number of anilines is 1. The first-order valence-corrected chi connectivity index (χ1v) is 10.3. The van der Waals surface area contributed by atoms with E-state index in [4.69, 9.17) is 34.5 Å². The van der Waals surface area contributed by atoms with Gasteiger partial charge in [-0.25, -0.2) is 4.85 Å². The van der Waals surface area contributed by atoms with Crippen LogP contribution in [0.3, 0.4) is 0 Å². The number of carbonyl (C=O) groups excluding carboxylic acids is 1. The van der Waals surface area contributed by atoms with Gasteiger partial charge in [0.2, 0.25) is 5.69 Å². The van der Waals surface area contributed by atoms with E-state index in [0.29, 0.717) is 46.8 Å². The van der Waals surface area contributed by atoms with Gasteiger partial charge in [0.15, 0.2) is 0 Å². The molecule has 0 saturated carbocycles. The fraction of sp³-hybridized carbons (Fsp3) is 0.368. The van der Waals surface area contributed by atoms with E-state index >= 15 is 0 Å². The third-order valence-electron chi connectivity index (χ3n) is 4.93. The van der Waals surface area contributed by atoms with Crippen molar-refractivity contribution < 1.29 is 9.53 Å². The van der Waals surface area contributed by atoms with Crippen LogP contribution in [0.5, 0.6) is 0 Å². The van der Waals surface area contributed by atoms with E-state index in [0.717, 1.165) is 29.2 Å². The van der Waals surface area contributed by atoms with E-state index in [1.807, 2.05) is 12.1 Å². The maximum atomic E-state index is 12.7. The second-order valence-electron chi connectivity index (χ2n) is 6.48. The minimum Gasteiger partial charge on any atom is -0.378 e. The highest BCUT2D eigenvalue weighted by molar-refractivity contribution is 7.19. The lowest BCUT2D eigenvalue weighted by Crippen LogP contribution is -2.35. The number of fused-ring (bicyclic) bond motifs is 1. The lowest BCUT2D eigenvalue weighted by Gasteiger charge is -2.28. The minimum atomic E-state index is -0.109. The van der Waals surface area contributed by atoms with Gasteiger partial charge in [-0.05, 0) is 29.7 Å². The van der Waals surface area contributed by atoms with Crippen molar-refractivity contribution in [3.63, 3.8) is 0 Å². The van der Waals surface area contributed by atoms with Gasteiger partial charge in [-0.15, -0.1) is 11.3 Å². The Kier molecular flexibility index (Phi) is 5.29. The summed E-state index contributed by atoms with van der Waals surface area (Å²) in [6.07, 6.45) is 0.707. The average Bonchev–Trinajstić information content (AvgIpc) is 2.99. The molecule has 2 aromatic rings. The third-order valence-corrected chi connectivity index (χ3v) is 6.92. The Labute approximate surface area is 171 Å². The van der Waals surface area contributed by atoms with Gasteiger partial charge in [-0.3, -0.25) is 4.79 Å². The van der Waals surface area contributed by atoms with Gasteiger partial charge in [0.05, 0.1) is 39.7 Å². The highest BCUT2D eigenvalue weighted by Gasteiger charge is 2.33. The predicted molar refractivity (Wildman–Crippen MR) is 109 cm³/mol. The van der Waals surface area contributed by atoms with Crippen molar-refractivity contribution in [2.24, 2.45) is 0 Å². The topological polar surface area (TPSA) is 45.9 Å². The van der Waals surface area contributed by atoms with Crippen molar-refractivity contribution in [1.82, 2.24) is 5.32 Å². The molecule has 0 aliphatic carbocycles. The Morgan fingerprint density at radius 3 is 2.74 bits per heavy atom. The summed E-state index contributed by atoms with van der Waals surface area (Å²) in [6.45, 7) is 11.1. The highest BCUT2D eigenvalue weighted by atomic mass is 35.5. The molecule has 1 unspecified atom stereocenters. The summed E-state index contributed by atoms with van der Waals surface area (Å²) in [4.78, 5) is 19.3. The Morgan fingerprint density at radius 1 is 1.26 bits per heavy atom. The molecule has 4 rings (SSSR count). The van der Waals surface area contributed by atoms with Crippen LogP contribution < -0.4 is 10.2 Å². The number of thiophene rings is 1. The molecular weight excluding hydrogens is 405 g/mol. The lowest BCUT2D eigenvalue weighted by atomic mass is 9.88. The number of ether oxygens (including phenoxy) is 1. The number of nitrogens with zero attached hydrogens (tertiary/aromatic N) is 2. The zero-order chi connectivity index (χ0) is 19.0. The van der Waals surface area contributed by atoms with Gasteiger partial charge >= 0.3 is 0 Å². The van der Waals surface area contributed by atoms with Crippen LogP contribution in [-0.4, -0.2) is 38.8 Å². The maximum absolute atomic E-state index is 12.7. The van der Waals surface area contributed by atoms with E-state index in [1.165, 1.54) is 11.3 Å². The number of hydrogen-bond donors (Lipinski definition) is 1. The van der Waals surface area contributed by atoms with Gasteiger partial charge in [0, 0.05) is 25.6 Å². The average molecular weight is 422 g/mol. The van der Waals surface area contributed by atoms with Crippen molar-refractivity contribution >= 4 is 51.1 Å². The molecule has 8 heteroatoms. The number of hydrogen-bond acceptors (Lipinski definition) is 4. The Hall–Kier alpha value is -1.78. The monoisotopic (exact) mass is 421 g/mol. The predicted octanol–water partition coefficient (Wildman–Crippen LogP) is 4.71. The fourth-order valence-electron chi connectivity index (χ4n) is 3.62. The SMILES string of the molecule is [C-]#[N+]c1c(N2CCOCC2)sc2c1C(c1ccc(Cl)c(Cl)c1)CCNC2=O. The second kappa shape index (κ2) is 7.69. The van der Waals surface area contributed by atoms with Crippen molar-refractivity contribution in [3.8, 4) is 0 Å². The molecule has 0 radical (unpaired) electrons. The minimum absolute atomic E-state index is 0.0798. The number of morpholine rings is 1. The molecule has 1 atom stereocenters. The molecule has 5 nitrogen and oxygen atoms in total. The van der Waals surface area contributed by atoms with E-state index < -0.39 is 0 Å². The first-order chi connectivity index (χ1) is 13.1. The largest absolute Gasteiger partial charge is 0.378 e. The van der Waals surface area contributed by atoms with Crippen molar-refractivity contribution in [2.45, 2.75) is 12.3 Å². The summed E-state index contributed by atoms with van der Waals surface area (Å²) >= 11 is 13.7. The summed E-state index contributed by atoms with van der Waals surface area (Å²) in [6, 6.07) is 5.54. The van der Waals surface area contributed by atoms with E-state index in [2.05, 4.69) is 15.1 Å². The van der Waals surface area contributed by atoms with Gasteiger partial charge in [-0.2, -0.15) is 0 Å². The quantitative estimate of drug-likeness (QED) is 0.714. The Morgan fingerprint density at radius 2 is 2.04 bits per heavy atom. The Balaban J connectivity index is 1.86. The summed E-state index contributed by atoms with van der Waals surface area (Å²) in [7, 11) is 0. The molecule has 1 aromatic carbocycles. The molecule has 3 heterocycles. The number of amides is 1. The van der Waals surface area contributed by atoms with Crippen LogP contribution in [0.15, 0.2) is 18.2 Å². The fourth-order valence-corrected chi connectivity index (χ4v) is 5.20. The molecule has 1 N–H and O–H groups in total. The van der Waals surface area contributed by atoms with E-state index in [-0.39, 0.29) is 11.8 Å². The Bertz CT molecular complexity index is 932. The first kappa shape index (κ1) is 18.6. The van der Waals surface area contributed by atoms with Gasteiger partial charge in [-0.1, -0.05) is 29.3 Å².